The fourth-order valence-electron chi connectivity index (χ4n) is 1.61. The van der Waals surface area contributed by atoms with Crippen LogP contribution in [0.1, 0.15) is 22.0 Å². The summed E-state index contributed by atoms with van der Waals surface area (Å²) in [7, 11) is 0. The Labute approximate surface area is 112 Å². The smallest absolute Gasteiger partial charge is 0.126 e. The molecule has 3 N–H and O–H groups in total. The van der Waals surface area contributed by atoms with Gasteiger partial charge in [0.15, 0.2) is 0 Å². The van der Waals surface area contributed by atoms with Gasteiger partial charge in [0.05, 0.1) is 9.83 Å². The first-order chi connectivity index (χ1) is 8.11. The predicted molar refractivity (Wildman–Crippen MR) is 72.3 cm³/mol. The highest BCUT2D eigenvalue weighted by atomic mass is 79.9. The van der Waals surface area contributed by atoms with Crippen molar-refractivity contribution in [3.8, 4) is 0 Å². The van der Waals surface area contributed by atoms with Gasteiger partial charge in [-0.1, -0.05) is 12.1 Å². The van der Waals surface area contributed by atoms with Gasteiger partial charge in [0, 0.05) is 4.88 Å². The largest absolute Gasteiger partial charge is 0.271 e. The number of nitrogens with two attached hydrogens (primary N) is 1. The minimum absolute atomic E-state index is 0.179. The average Bonchev–Trinajstić information content (AvgIpc) is 2.71. The van der Waals surface area contributed by atoms with Gasteiger partial charge >= 0.3 is 0 Å². The summed E-state index contributed by atoms with van der Waals surface area (Å²) < 4.78 is 14.6. The number of nitrogens with one attached hydrogen (secondary N) is 1. The molecule has 1 unspecified atom stereocenters. The fraction of sp³-hybridized carbons (Fsp3) is 0.167. The lowest BCUT2D eigenvalue weighted by Gasteiger charge is -2.15. The van der Waals surface area contributed by atoms with Gasteiger partial charge in [-0.2, -0.15) is 0 Å². The highest BCUT2D eigenvalue weighted by molar-refractivity contribution is 9.11. The zero-order valence-electron chi connectivity index (χ0n) is 9.21. The molecular weight excluding hydrogens is 303 g/mol. The van der Waals surface area contributed by atoms with Crippen LogP contribution in [-0.2, 0) is 0 Å². The van der Waals surface area contributed by atoms with Crippen LogP contribution in [0.3, 0.4) is 0 Å². The molecule has 5 heteroatoms. The summed E-state index contributed by atoms with van der Waals surface area (Å²) in [4.78, 5) is 1.04. The van der Waals surface area contributed by atoms with E-state index in [1.165, 1.54) is 6.07 Å². The summed E-state index contributed by atoms with van der Waals surface area (Å²) in [5, 5.41) is 0. The van der Waals surface area contributed by atoms with Gasteiger partial charge < -0.3 is 0 Å². The second-order valence-corrected chi connectivity index (χ2v) is 6.24. The summed E-state index contributed by atoms with van der Waals surface area (Å²) in [6.07, 6.45) is 0. The maximum atomic E-state index is 13.5. The number of aryl methyl sites for hydroxylation is 1. The van der Waals surface area contributed by atoms with Gasteiger partial charge in [-0.25, -0.2) is 9.82 Å². The first-order valence-electron chi connectivity index (χ1n) is 5.09. The molecule has 1 atom stereocenters. The number of rotatable bonds is 3. The number of thiophene rings is 1. The van der Waals surface area contributed by atoms with Crippen molar-refractivity contribution in [3.05, 3.63) is 55.9 Å². The van der Waals surface area contributed by atoms with E-state index in [1.807, 2.05) is 18.2 Å². The third-order valence-corrected chi connectivity index (χ3v) is 4.26. The van der Waals surface area contributed by atoms with Crippen LogP contribution >= 0.6 is 27.3 Å². The number of benzene rings is 1. The van der Waals surface area contributed by atoms with Gasteiger partial charge in [0.25, 0.3) is 0 Å². The third-order valence-electron chi connectivity index (χ3n) is 2.57. The molecule has 2 aromatic rings. The maximum Gasteiger partial charge on any atom is 0.126 e. The van der Waals surface area contributed by atoms with E-state index in [0.717, 1.165) is 14.2 Å². The molecular formula is C12H12BrFN2S. The van der Waals surface area contributed by atoms with E-state index < -0.39 is 0 Å². The van der Waals surface area contributed by atoms with Crippen LogP contribution in [0.2, 0.25) is 0 Å². The summed E-state index contributed by atoms with van der Waals surface area (Å²) in [6.45, 7) is 1.74. The Balaban J connectivity index is 2.38. The maximum absolute atomic E-state index is 13.5. The number of halogens is 2. The highest BCUT2D eigenvalue weighted by Gasteiger charge is 2.15. The van der Waals surface area contributed by atoms with E-state index in [9.17, 15) is 4.39 Å². The lowest BCUT2D eigenvalue weighted by atomic mass is 10.0. The third kappa shape index (κ3) is 2.74. The first-order valence-corrected chi connectivity index (χ1v) is 6.70. The molecule has 17 heavy (non-hydrogen) atoms. The van der Waals surface area contributed by atoms with Crippen molar-refractivity contribution < 1.29 is 4.39 Å². The van der Waals surface area contributed by atoms with Gasteiger partial charge in [0.1, 0.15) is 5.82 Å². The molecule has 0 amide bonds. The zero-order valence-corrected chi connectivity index (χ0v) is 11.6. The molecule has 0 aliphatic carbocycles. The molecule has 0 radical (unpaired) electrons. The Hall–Kier alpha value is -0.750. The molecule has 0 aliphatic rings. The fourth-order valence-corrected chi connectivity index (χ4v) is 3.13. The number of hydrogen-bond donors (Lipinski definition) is 2. The van der Waals surface area contributed by atoms with Crippen molar-refractivity contribution in [3.63, 3.8) is 0 Å². The minimum atomic E-state index is -0.210. The minimum Gasteiger partial charge on any atom is -0.271 e. The Morgan fingerprint density at radius 3 is 2.65 bits per heavy atom. The Bertz CT molecular complexity index is 527. The Morgan fingerprint density at radius 2 is 2.12 bits per heavy atom. The van der Waals surface area contributed by atoms with Crippen molar-refractivity contribution in [2.45, 2.75) is 13.0 Å². The van der Waals surface area contributed by atoms with E-state index in [-0.39, 0.29) is 11.9 Å². The normalized spacial score (nSPS) is 12.7. The average molecular weight is 315 g/mol. The lowest BCUT2D eigenvalue weighted by molar-refractivity contribution is 0.602. The van der Waals surface area contributed by atoms with E-state index in [4.69, 9.17) is 5.84 Å². The predicted octanol–water partition coefficient (Wildman–Crippen LogP) is 3.51. The summed E-state index contributed by atoms with van der Waals surface area (Å²) in [5.41, 5.74) is 4.18. The highest BCUT2D eigenvalue weighted by Crippen LogP contribution is 2.31. The van der Waals surface area contributed by atoms with Crippen molar-refractivity contribution >= 4 is 27.3 Å². The Morgan fingerprint density at radius 1 is 1.35 bits per heavy atom. The second-order valence-electron chi connectivity index (χ2n) is 3.75. The molecule has 1 aromatic carbocycles. The standard InChI is InChI=1S/C12H12BrFN2S/c1-7-2-3-8(6-9(7)14)12(16-15)10-4-5-11(13)17-10/h2-6,12,16H,15H2,1H3. The van der Waals surface area contributed by atoms with Crippen LogP contribution in [0.4, 0.5) is 4.39 Å². The first kappa shape index (κ1) is 12.7. The molecule has 1 aromatic heterocycles. The molecule has 0 fully saturated rings. The molecule has 0 saturated heterocycles. The molecule has 0 aliphatic heterocycles. The van der Waals surface area contributed by atoms with Gasteiger partial charge in [-0.05, 0) is 52.2 Å². The van der Waals surface area contributed by atoms with Gasteiger partial charge in [-0.15, -0.1) is 11.3 Å². The molecule has 0 saturated carbocycles. The van der Waals surface area contributed by atoms with E-state index in [0.29, 0.717) is 5.56 Å². The lowest BCUT2D eigenvalue weighted by Crippen LogP contribution is -2.28. The van der Waals surface area contributed by atoms with E-state index >= 15 is 0 Å². The van der Waals surface area contributed by atoms with Crippen LogP contribution < -0.4 is 11.3 Å². The van der Waals surface area contributed by atoms with Gasteiger partial charge in [-0.3, -0.25) is 5.84 Å². The van der Waals surface area contributed by atoms with Crippen LogP contribution in [0, 0.1) is 12.7 Å². The molecule has 0 bridgehead atoms. The summed E-state index contributed by atoms with van der Waals surface area (Å²) in [5.74, 6) is 5.34. The van der Waals surface area contributed by atoms with Crippen LogP contribution in [0.5, 0.6) is 0 Å². The number of hydrogen-bond acceptors (Lipinski definition) is 3. The summed E-state index contributed by atoms with van der Waals surface area (Å²) >= 11 is 4.98. The SMILES string of the molecule is Cc1ccc(C(NN)c2ccc(Br)s2)cc1F. The quantitative estimate of drug-likeness (QED) is 0.672. The number of hydrazine groups is 1. The zero-order chi connectivity index (χ0) is 12.4. The van der Waals surface area contributed by atoms with E-state index in [1.54, 1.807) is 24.3 Å². The second kappa shape index (κ2) is 5.27. The van der Waals surface area contributed by atoms with Crippen LogP contribution in [0.25, 0.3) is 0 Å². The topological polar surface area (TPSA) is 38.0 Å². The van der Waals surface area contributed by atoms with Crippen molar-refractivity contribution in [2.24, 2.45) is 5.84 Å². The van der Waals surface area contributed by atoms with Crippen molar-refractivity contribution in [2.75, 3.05) is 0 Å². The van der Waals surface area contributed by atoms with Crippen LogP contribution in [0.15, 0.2) is 34.1 Å². The molecule has 1 heterocycles. The Kier molecular flexibility index (Phi) is 3.93. The van der Waals surface area contributed by atoms with E-state index in [2.05, 4.69) is 21.4 Å². The monoisotopic (exact) mass is 314 g/mol. The van der Waals surface area contributed by atoms with Gasteiger partial charge in [0.2, 0.25) is 0 Å². The molecule has 2 rings (SSSR count). The molecule has 2 nitrogen and oxygen atoms in total. The van der Waals surface area contributed by atoms with Crippen molar-refractivity contribution in [1.82, 2.24) is 5.43 Å². The van der Waals surface area contributed by atoms with Crippen LogP contribution in [-0.4, -0.2) is 0 Å². The summed E-state index contributed by atoms with van der Waals surface area (Å²) in [6, 6.07) is 8.91. The molecule has 0 spiro atoms. The van der Waals surface area contributed by atoms with Crippen molar-refractivity contribution in [1.29, 1.82) is 0 Å². The molecule has 90 valence electrons.